The highest BCUT2D eigenvalue weighted by Crippen LogP contribution is 2.25. The van der Waals surface area contributed by atoms with E-state index in [2.05, 4.69) is 5.32 Å². The monoisotopic (exact) mass is 639 g/mol. The van der Waals surface area contributed by atoms with Crippen LogP contribution in [0.4, 0.5) is 0 Å². The Balaban J connectivity index is 1.68. The van der Waals surface area contributed by atoms with Crippen LogP contribution in [0.2, 0.25) is 10.0 Å². The first-order chi connectivity index (χ1) is 20.6. The van der Waals surface area contributed by atoms with Gasteiger partial charge in [-0.3, -0.25) is 9.59 Å². The van der Waals surface area contributed by atoms with E-state index in [0.717, 1.165) is 33.5 Å². The van der Waals surface area contributed by atoms with Gasteiger partial charge in [-0.15, -0.1) is 0 Å². The summed E-state index contributed by atoms with van der Waals surface area (Å²) < 4.78 is 28.2. The van der Waals surface area contributed by atoms with E-state index < -0.39 is 28.5 Å². The number of sulfonamides is 1. The Bertz CT molecular complexity index is 1680. The molecule has 0 aromatic heterocycles. The molecule has 2 amide bonds. The number of carbonyl (C=O) groups is 2. The fraction of sp³-hybridized carbons (Fsp3) is 0.273. The minimum atomic E-state index is -4.03. The number of benzene rings is 4. The molecule has 4 rings (SSSR count). The lowest BCUT2D eigenvalue weighted by atomic mass is 10.0. The molecule has 0 spiro atoms. The van der Waals surface area contributed by atoms with Crippen molar-refractivity contribution in [3.63, 3.8) is 0 Å². The molecule has 1 atom stereocenters. The summed E-state index contributed by atoms with van der Waals surface area (Å²) in [7, 11) is -2.66. The van der Waals surface area contributed by atoms with Gasteiger partial charge in [-0.1, -0.05) is 103 Å². The molecule has 0 aliphatic rings. The quantitative estimate of drug-likeness (QED) is 0.173. The van der Waals surface area contributed by atoms with Gasteiger partial charge >= 0.3 is 0 Å². The van der Waals surface area contributed by atoms with Gasteiger partial charge in [0.05, 0.1) is 11.4 Å². The Kier molecular flexibility index (Phi) is 11.2. The van der Waals surface area contributed by atoms with Crippen molar-refractivity contribution in [3.05, 3.63) is 112 Å². The van der Waals surface area contributed by atoms with Crippen molar-refractivity contribution in [2.75, 3.05) is 20.1 Å². The van der Waals surface area contributed by atoms with Crippen molar-refractivity contribution < 1.29 is 18.0 Å². The standard InChI is InChI=1S/C33H35Cl2N3O4S/c1-3-4-18-36-33(40)31(19-24-10-6-5-7-11-24)38(22-27-14-16-28(34)21-30(27)35)32(39)23-37(2)43(41,42)29-17-15-25-12-8-9-13-26(25)20-29/h5-17,20-21,31H,3-4,18-19,22-23H2,1-2H3,(H,36,40). The summed E-state index contributed by atoms with van der Waals surface area (Å²) in [5, 5.41) is 5.41. The Labute approximate surface area is 263 Å². The van der Waals surface area contributed by atoms with Gasteiger partial charge in [0.1, 0.15) is 6.04 Å². The smallest absolute Gasteiger partial charge is 0.243 e. The predicted molar refractivity (Wildman–Crippen MR) is 173 cm³/mol. The van der Waals surface area contributed by atoms with E-state index in [1.54, 1.807) is 30.3 Å². The number of hydrogen-bond donors (Lipinski definition) is 1. The van der Waals surface area contributed by atoms with Crippen molar-refractivity contribution in [3.8, 4) is 0 Å². The number of likely N-dealkylation sites (N-methyl/N-ethyl adjacent to an activating group) is 1. The van der Waals surface area contributed by atoms with Crippen LogP contribution in [0, 0.1) is 0 Å². The summed E-state index contributed by atoms with van der Waals surface area (Å²) >= 11 is 12.6. The molecular formula is C33H35Cl2N3O4S. The summed E-state index contributed by atoms with van der Waals surface area (Å²) in [6.07, 6.45) is 1.91. The molecule has 4 aromatic rings. The van der Waals surface area contributed by atoms with E-state index in [-0.39, 0.29) is 23.8 Å². The van der Waals surface area contributed by atoms with Crippen LogP contribution in [-0.2, 0) is 32.6 Å². The van der Waals surface area contributed by atoms with E-state index in [4.69, 9.17) is 23.2 Å². The number of hydrogen-bond acceptors (Lipinski definition) is 4. The molecule has 0 aliphatic carbocycles. The van der Waals surface area contributed by atoms with Gasteiger partial charge in [0.25, 0.3) is 0 Å². The Morgan fingerprint density at radius 3 is 2.28 bits per heavy atom. The molecule has 10 heteroatoms. The highest BCUT2D eigenvalue weighted by atomic mass is 35.5. The summed E-state index contributed by atoms with van der Waals surface area (Å²) in [6.45, 7) is 1.99. The van der Waals surface area contributed by atoms with E-state index in [1.165, 1.54) is 18.0 Å². The third kappa shape index (κ3) is 8.36. The second-order valence-electron chi connectivity index (χ2n) is 10.4. The molecule has 7 nitrogen and oxygen atoms in total. The molecule has 0 saturated carbocycles. The molecule has 0 radical (unpaired) electrons. The van der Waals surface area contributed by atoms with Gasteiger partial charge < -0.3 is 10.2 Å². The molecule has 4 aromatic carbocycles. The molecule has 1 unspecified atom stereocenters. The number of carbonyl (C=O) groups excluding carboxylic acids is 2. The fourth-order valence-corrected chi connectivity index (χ4v) is 6.39. The van der Waals surface area contributed by atoms with Crippen LogP contribution in [0.25, 0.3) is 10.8 Å². The van der Waals surface area contributed by atoms with E-state index in [1.807, 2.05) is 61.5 Å². The average molecular weight is 641 g/mol. The zero-order chi connectivity index (χ0) is 31.0. The Morgan fingerprint density at radius 1 is 0.884 bits per heavy atom. The van der Waals surface area contributed by atoms with Gasteiger partial charge in [-0.25, -0.2) is 8.42 Å². The van der Waals surface area contributed by atoms with Crippen molar-refractivity contribution >= 4 is 55.8 Å². The maximum Gasteiger partial charge on any atom is 0.243 e. The van der Waals surface area contributed by atoms with Crippen molar-refractivity contribution in [1.82, 2.24) is 14.5 Å². The molecule has 226 valence electrons. The number of amides is 2. The first-order valence-electron chi connectivity index (χ1n) is 14.1. The second kappa shape index (κ2) is 14.8. The Hall–Kier alpha value is -3.43. The van der Waals surface area contributed by atoms with E-state index in [9.17, 15) is 18.0 Å². The highest BCUT2D eigenvalue weighted by molar-refractivity contribution is 7.89. The van der Waals surface area contributed by atoms with Crippen LogP contribution in [-0.4, -0.2) is 55.6 Å². The summed E-state index contributed by atoms with van der Waals surface area (Å²) in [5.74, 6) is -0.861. The van der Waals surface area contributed by atoms with Crippen LogP contribution >= 0.6 is 23.2 Å². The summed E-state index contributed by atoms with van der Waals surface area (Å²) in [5.41, 5.74) is 1.44. The second-order valence-corrected chi connectivity index (χ2v) is 13.3. The van der Waals surface area contributed by atoms with Crippen LogP contribution in [0.5, 0.6) is 0 Å². The van der Waals surface area contributed by atoms with Gasteiger partial charge in [-0.2, -0.15) is 4.31 Å². The zero-order valence-corrected chi connectivity index (χ0v) is 26.5. The fourth-order valence-electron chi connectivity index (χ4n) is 4.77. The number of unbranched alkanes of at least 4 members (excludes halogenated alkanes) is 1. The lowest BCUT2D eigenvalue weighted by molar-refractivity contribution is -0.141. The molecule has 0 bridgehead atoms. The average Bonchev–Trinajstić information content (AvgIpc) is 3.00. The molecule has 0 saturated heterocycles. The zero-order valence-electron chi connectivity index (χ0n) is 24.2. The summed E-state index contributed by atoms with van der Waals surface area (Å²) in [6, 6.07) is 25.7. The lowest BCUT2D eigenvalue weighted by Gasteiger charge is -2.33. The number of rotatable bonds is 13. The van der Waals surface area contributed by atoms with Gasteiger partial charge in [-0.05, 0) is 52.6 Å². The number of fused-ring (bicyclic) bond motifs is 1. The van der Waals surface area contributed by atoms with Crippen LogP contribution in [0.3, 0.4) is 0 Å². The largest absolute Gasteiger partial charge is 0.354 e. The summed E-state index contributed by atoms with van der Waals surface area (Å²) in [4.78, 5) is 29.2. The molecule has 0 fully saturated rings. The highest BCUT2D eigenvalue weighted by Gasteiger charge is 2.33. The minimum absolute atomic E-state index is 0.0165. The number of nitrogens with one attached hydrogen (secondary N) is 1. The first-order valence-corrected chi connectivity index (χ1v) is 16.3. The number of nitrogens with zero attached hydrogens (tertiary/aromatic N) is 2. The van der Waals surface area contributed by atoms with Crippen LogP contribution in [0.15, 0.2) is 95.9 Å². The molecule has 0 heterocycles. The Morgan fingerprint density at radius 2 is 1.58 bits per heavy atom. The molecule has 1 N–H and O–H groups in total. The van der Waals surface area contributed by atoms with Gasteiger partial charge in [0.2, 0.25) is 21.8 Å². The SMILES string of the molecule is CCCCNC(=O)C(Cc1ccccc1)N(Cc1ccc(Cl)cc1Cl)C(=O)CN(C)S(=O)(=O)c1ccc2ccccc2c1. The van der Waals surface area contributed by atoms with Gasteiger partial charge in [0.15, 0.2) is 0 Å². The molecule has 0 aliphatic heterocycles. The van der Waals surface area contributed by atoms with Crippen molar-refractivity contribution in [2.24, 2.45) is 0 Å². The lowest BCUT2D eigenvalue weighted by Crippen LogP contribution is -2.53. The van der Waals surface area contributed by atoms with E-state index >= 15 is 0 Å². The number of halogens is 2. The van der Waals surface area contributed by atoms with E-state index in [0.29, 0.717) is 22.2 Å². The third-order valence-corrected chi connectivity index (χ3v) is 9.63. The maximum atomic E-state index is 14.1. The van der Waals surface area contributed by atoms with Gasteiger partial charge in [0, 0.05) is 36.6 Å². The molecular weight excluding hydrogens is 605 g/mol. The van der Waals surface area contributed by atoms with Crippen molar-refractivity contribution in [2.45, 2.75) is 43.7 Å². The van der Waals surface area contributed by atoms with Crippen LogP contribution < -0.4 is 5.32 Å². The maximum absolute atomic E-state index is 14.1. The molecule has 43 heavy (non-hydrogen) atoms. The van der Waals surface area contributed by atoms with Crippen molar-refractivity contribution in [1.29, 1.82) is 0 Å². The van der Waals surface area contributed by atoms with Crippen LogP contribution in [0.1, 0.15) is 30.9 Å². The topological polar surface area (TPSA) is 86.8 Å². The third-order valence-electron chi connectivity index (χ3n) is 7.24. The first kappa shape index (κ1) is 32.5. The predicted octanol–water partition coefficient (Wildman–Crippen LogP) is 6.32. The normalized spacial score (nSPS) is 12.3. The minimum Gasteiger partial charge on any atom is -0.354 e.